The van der Waals surface area contributed by atoms with Gasteiger partial charge in [0, 0.05) is 17.1 Å². The first-order valence-corrected chi connectivity index (χ1v) is 14.2. The Morgan fingerprint density at radius 2 is 1.10 bits per heavy atom. The van der Waals surface area contributed by atoms with Crippen LogP contribution >= 0.6 is 0 Å². The zero-order valence-corrected chi connectivity index (χ0v) is 24.9. The summed E-state index contributed by atoms with van der Waals surface area (Å²) < 4.78 is 6.63. The molecule has 6 rings (SSSR count). The van der Waals surface area contributed by atoms with E-state index in [-0.39, 0.29) is 23.0 Å². The van der Waals surface area contributed by atoms with Crippen LogP contribution in [0.15, 0.2) is 78.9 Å². The molecule has 3 heteroatoms. The second-order valence-electron chi connectivity index (χ2n) is 14.4. The molecule has 0 spiro atoms. The van der Waals surface area contributed by atoms with Crippen LogP contribution in [0.3, 0.4) is 0 Å². The monoisotopic (exact) mass is 513 g/mol. The fraction of sp³-hybridized carbons (Fsp3) is 0.333. The summed E-state index contributed by atoms with van der Waals surface area (Å²) in [6, 6.07) is 29.5. The van der Waals surface area contributed by atoms with E-state index in [1.807, 2.05) is 0 Å². The highest BCUT2D eigenvalue weighted by Gasteiger charge is 2.42. The van der Waals surface area contributed by atoms with E-state index >= 15 is 0 Å². The van der Waals surface area contributed by atoms with Crippen molar-refractivity contribution in [2.24, 2.45) is 0 Å². The van der Waals surface area contributed by atoms with Crippen LogP contribution in [0.2, 0.25) is 0 Å². The summed E-state index contributed by atoms with van der Waals surface area (Å²) in [5.74, 6) is 1.92. The van der Waals surface area contributed by atoms with Crippen LogP contribution in [0.25, 0.3) is 0 Å². The van der Waals surface area contributed by atoms with Crippen molar-refractivity contribution in [3.8, 4) is 11.5 Å². The van der Waals surface area contributed by atoms with Crippen LogP contribution in [-0.2, 0) is 16.2 Å². The highest BCUT2D eigenvalue weighted by molar-refractivity contribution is 6.99. The number of anilines is 3. The van der Waals surface area contributed by atoms with Crippen molar-refractivity contribution >= 4 is 40.2 Å². The molecule has 4 aromatic carbocycles. The molecule has 0 fully saturated rings. The maximum absolute atomic E-state index is 6.63. The van der Waals surface area contributed by atoms with Crippen LogP contribution in [0.5, 0.6) is 11.5 Å². The van der Waals surface area contributed by atoms with Crippen molar-refractivity contribution in [1.82, 2.24) is 0 Å². The Hall–Kier alpha value is -3.46. The van der Waals surface area contributed by atoms with Crippen molar-refractivity contribution in [2.75, 3.05) is 4.90 Å². The molecule has 0 bridgehead atoms. The summed E-state index contributed by atoms with van der Waals surface area (Å²) >= 11 is 0. The third-order valence-corrected chi connectivity index (χ3v) is 8.42. The first-order valence-electron chi connectivity index (χ1n) is 14.2. The molecule has 0 saturated carbocycles. The summed E-state index contributed by atoms with van der Waals surface area (Å²) in [6.45, 7) is 20.7. The largest absolute Gasteiger partial charge is 0.458 e. The van der Waals surface area contributed by atoms with Gasteiger partial charge in [0.2, 0.25) is 0 Å². The summed E-state index contributed by atoms with van der Waals surface area (Å²) in [7, 11) is 0. The van der Waals surface area contributed by atoms with Crippen LogP contribution in [0, 0.1) is 0 Å². The van der Waals surface area contributed by atoms with Crippen LogP contribution < -0.4 is 26.0 Å². The maximum atomic E-state index is 6.63. The number of benzene rings is 4. The fourth-order valence-electron chi connectivity index (χ4n) is 6.01. The van der Waals surface area contributed by atoms with Gasteiger partial charge in [-0.05, 0) is 85.7 Å². The van der Waals surface area contributed by atoms with Gasteiger partial charge >= 0.3 is 0 Å². The van der Waals surface area contributed by atoms with Gasteiger partial charge < -0.3 is 9.64 Å². The molecule has 198 valence electrons. The number of rotatable bonds is 1. The molecule has 0 aliphatic carbocycles. The molecule has 2 aliphatic heterocycles. The highest BCUT2D eigenvalue weighted by Crippen LogP contribution is 2.42. The number of hydrogen-bond acceptors (Lipinski definition) is 2. The minimum Gasteiger partial charge on any atom is -0.458 e. The van der Waals surface area contributed by atoms with Crippen LogP contribution in [0.1, 0.15) is 79.0 Å². The second-order valence-corrected chi connectivity index (χ2v) is 14.4. The molecule has 0 amide bonds. The predicted octanol–water partition coefficient (Wildman–Crippen LogP) is 7.98. The molecule has 4 aromatic rings. The highest BCUT2D eigenvalue weighted by atomic mass is 16.5. The number of ether oxygens (including phenoxy) is 1. The van der Waals surface area contributed by atoms with Crippen molar-refractivity contribution in [1.29, 1.82) is 0 Å². The van der Waals surface area contributed by atoms with Crippen LogP contribution in [-0.4, -0.2) is 6.71 Å². The summed E-state index contributed by atoms with van der Waals surface area (Å²) in [5, 5.41) is 0. The van der Waals surface area contributed by atoms with Gasteiger partial charge in [-0.1, -0.05) is 105 Å². The van der Waals surface area contributed by atoms with E-state index in [0.29, 0.717) is 0 Å². The lowest BCUT2D eigenvalue weighted by atomic mass is 9.34. The van der Waals surface area contributed by atoms with E-state index in [9.17, 15) is 0 Å². The van der Waals surface area contributed by atoms with E-state index in [1.165, 1.54) is 50.1 Å². The Labute approximate surface area is 235 Å². The van der Waals surface area contributed by atoms with Gasteiger partial charge in [0.1, 0.15) is 11.5 Å². The summed E-state index contributed by atoms with van der Waals surface area (Å²) in [4.78, 5) is 2.44. The smallest absolute Gasteiger partial charge is 0.256 e. The third kappa shape index (κ3) is 4.27. The molecule has 2 nitrogen and oxygen atoms in total. The Balaban J connectivity index is 1.63. The van der Waals surface area contributed by atoms with E-state index in [0.717, 1.165) is 11.5 Å². The Bertz CT molecular complexity index is 1580. The van der Waals surface area contributed by atoms with Crippen molar-refractivity contribution in [3.63, 3.8) is 0 Å². The molecule has 0 radical (unpaired) electrons. The Kier molecular flexibility index (Phi) is 5.64. The molecule has 2 heterocycles. The second kappa shape index (κ2) is 8.52. The van der Waals surface area contributed by atoms with Gasteiger partial charge in [0.25, 0.3) is 6.71 Å². The predicted molar refractivity (Wildman–Crippen MR) is 168 cm³/mol. The molecule has 0 aromatic heterocycles. The zero-order valence-electron chi connectivity index (χ0n) is 24.9. The van der Waals surface area contributed by atoms with Gasteiger partial charge in [0.05, 0.1) is 0 Å². The lowest BCUT2D eigenvalue weighted by Gasteiger charge is -2.41. The molecular formula is C36H40BNO. The molecular weight excluding hydrogens is 473 g/mol. The number of hydrogen-bond donors (Lipinski definition) is 0. The quantitative estimate of drug-likeness (QED) is 0.207. The lowest BCUT2D eigenvalue weighted by molar-refractivity contribution is 0.486. The van der Waals surface area contributed by atoms with E-state index < -0.39 is 0 Å². The minimum atomic E-state index is 0.0509. The molecule has 39 heavy (non-hydrogen) atoms. The van der Waals surface area contributed by atoms with Gasteiger partial charge in [-0.3, -0.25) is 0 Å². The molecule has 0 unspecified atom stereocenters. The summed E-state index contributed by atoms with van der Waals surface area (Å²) in [6.07, 6.45) is 0. The minimum absolute atomic E-state index is 0.0509. The van der Waals surface area contributed by atoms with Crippen molar-refractivity contribution < 1.29 is 4.74 Å². The molecule has 0 saturated heterocycles. The first-order chi connectivity index (χ1) is 18.2. The normalized spacial score (nSPS) is 14.4. The number of nitrogens with zero attached hydrogens (tertiary/aromatic N) is 1. The number of fused-ring (bicyclic) bond motifs is 4. The Morgan fingerprint density at radius 3 is 1.72 bits per heavy atom. The summed E-state index contributed by atoms with van der Waals surface area (Å²) in [5.41, 5.74) is 11.7. The van der Waals surface area contributed by atoms with E-state index in [2.05, 4.69) is 146 Å². The van der Waals surface area contributed by atoms with Gasteiger partial charge in [-0.15, -0.1) is 0 Å². The van der Waals surface area contributed by atoms with Crippen molar-refractivity contribution in [3.05, 3.63) is 95.6 Å². The lowest BCUT2D eigenvalue weighted by Crippen LogP contribution is -2.59. The van der Waals surface area contributed by atoms with Crippen molar-refractivity contribution in [2.45, 2.75) is 78.6 Å². The van der Waals surface area contributed by atoms with E-state index in [4.69, 9.17) is 4.74 Å². The molecule has 0 atom stereocenters. The SMILES string of the molecule is CC(C)(C)c1ccc(N2c3ccc(C(C)(C)C)cc3B3c4cc(C(C)(C)C)ccc4Oc4cccc2c43)cc1. The molecule has 0 N–H and O–H groups in total. The zero-order chi connectivity index (χ0) is 27.9. The van der Waals surface area contributed by atoms with Gasteiger partial charge in [-0.2, -0.15) is 0 Å². The van der Waals surface area contributed by atoms with E-state index in [1.54, 1.807) is 0 Å². The van der Waals surface area contributed by atoms with Gasteiger partial charge in [-0.25, -0.2) is 0 Å². The fourth-order valence-corrected chi connectivity index (χ4v) is 6.01. The first kappa shape index (κ1) is 25.8. The Morgan fingerprint density at radius 1 is 0.538 bits per heavy atom. The standard InChI is InChI=1S/C36H40BNO/c1-34(2,3)23-13-17-26(18-14-23)38-29-19-15-24(35(4,5)6)21-27(29)37-28-22-25(36(7,8)9)16-20-31(28)39-32-12-10-11-30(38)33(32)37/h10-22H,1-9H3. The van der Waals surface area contributed by atoms with Gasteiger partial charge in [0.15, 0.2) is 0 Å². The maximum Gasteiger partial charge on any atom is 0.256 e. The molecule has 2 aliphatic rings. The topological polar surface area (TPSA) is 12.5 Å². The average Bonchev–Trinajstić information content (AvgIpc) is 2.86. The third-order valence-electron chi connectivity index (χ3n) is 8.42. The average molecular weight is 514 g/mol. The van der Waals surface area contributed by atoms with Crippen LogP contribution in [0.4, 0.5) is 17.1 Å².